The molecule has 0 aliphatic carbocycles. The first-order valence-electron chi connectivity index (χ1n) is 5.14. The Morgan fingerprint density at radius 2 is 2.13 bits per heavy atom. The van der Waals surface area contributed by atoms with E-state index >= 15 is 0 Å². The van der Waals surface area contributed by atoms with Gasteiger partial charge in [-0.05, 0) is 16.9 Å². The highest BCUT2D eigenvalue weighted by Crippen LogP contribution is 2.23. The number of thioether (sulfide) groups is 1. The minimum absolute atomic E-state index is 0.529. The third-order valence-corrected chi connectivity index (χ3v) is 3.32. The molecule has 0 aromatic heterocycles. The van der Waals surface area contributed by atoms with Crippen LogP contribution >= 0.6 is 11.8 Å². The van der Waals surface area contributed by atoms with Crippen LogP contribution in [0.1, 0.15) is 25.0 Å². The zero-order valence-corrected chi connectivity index (χ0v) is 10.4. The van der Waals surface area contributed by atoms with E-state index in [1.165, 1.54) is 5.56 Å². The van der Waals surface area contributed by atoms with E-state index in [9.17, 15) is 0 Å². The van der Waals surface area contributed by atoms with Gasteiger partial charge in [-0.25, -0.2) is 0 Å². The second-order valence-electron chi connectivity index (χ2n) is 3.71. The Bertz CT molecular complexity index is 312. The maximum atomic E-state index is 5.61. The molecule has 1 aromatic carbocycles. The van der Waals surface area contributed by atoms with E-state index in [0.29, 0.717) is 11.8 Å². The summed E-state index contributed by atoms with van der Waals surface area (Å²) in [5.41, 5.74) is 7.97. The molecule has 0 amide bonds. The van der Waals surface area contributed by atoms with E-state index in [-0.39, 0.29) is 0 Å². The number of methoxy groups -OCH3 is 1. The topological polar surface area (TPSA) is 35.2 Å². The summed E-state index contributed by atoms with van der Waals surface area (Å²) in [5.74, 6) is 1.93. The van der Waals surface area contributed by atoms with Gasteiger partial charge >= 0.3 is 0 Å². The lowest BCUT2D eigenvalue weighted by molar-refractivity contribution is 0.409. The maximum absolute atomic E-state index is 5.61. The van der Waals surface area contributed by atoms with Crippen LogP contribution in [-0.2, 0) is 12.3 Å². The van der Waals surface area contributed by atoms with Gasteiger partial charge in [-0.2, -0.15) is 11.8 Å². The van der Waals surface area contributed by atoms with Crippen LogP contribution in [0.3, 0.4) is 0 Å². The zero-order chi connectivity index (χ0) is 11.3. The number of nitrogens with two attached hydrogens (primary N) is 1. The fraction of sp³-hybridized carbons (Fsp3) is 0.500. The van der Waals surface area contributed by atoms with Crippen LogP contribution in [-0.4, -0.2) is 12.4 Å². The summed E-state index contributed by atoms with van der Waals surface area (Å²) >= 11 is 1.93. The summed E-state index contributed by atoms with van der Waals surface area (Å²) in [5, 5.41) is 0.658. The predicted octanol–water partition coefficient (Wildman–Crippen LogP) is 2.80. The van der Waals surface area contributed by atoms with Crippen LogP contribution in [0.2, 0.25) is 0 Å². The SMILES string of the molecule is COc1cc(CSC(C)C)ccc1CN. The molecule has 0 saturated carbocycles. The average molecular weight is 225 g/mol. The summed E-state index contributed by atoms with van der Waals surface area (Å²) in [6.07, 6.45) is 0. The first-order chi connectivity index (χ1) is 7.17. The molecule has 84 valence electrons. The Hall–Kier alpha value is -0.670. The number of rotatable bonds is 5. The number of ether oxygens (including phenoxy) is 1. The van der Waals surface area contributed by atoms with Gasteiger partial charge in [-0.15, -0.1) is 0 Å². The Morgan fingerprint density at radius 3 is 2.67 bits per heavy atom. The maximum Gasteiger partial charge on any atom is 0.123 e. The molecule has 0 bridgehead atoms. The average Bonchev–Trinajstić information content (AvgIpc) is 2.25. The minimum atomic E-state index is 0.529. The molecule has 0 unspecified atom stereocenters. The Balaban J connectivity index is 2.74. The molecule has 1 aromatic rings. The molecule has 0 radical (unpaired) electrons. The van der Waals surface area contributed by atoms with Crippen molar-refractivity contribution in [1.29, 1.82) is 0 Å². The highest BCUT2D eigenvalue weighted by molar-refractivity contribution is 7.99. The van der Waals surface area contributed by atoms with Crippen molar-refractivity contribution in [3.8, 4) is 5.75 Å². The molecule has 15 heavy (non-hydrogen) atoms. The molecule has 3 heteroatoms. The molecule has 0 aliphatic rings. The second kappa shape index (κ2) is 6.03. The lowest BCUT2D eigenvalue weighted by Crippen LogP contribution is -2.00. The minimum Gasteiger partial charge on any atom is -0.496 e. The van der Waals surface area contributed by atoms with Crippen LogP contribution in [0.4, 0.5) is 0 Å². The molecule has 0 fully saturated rings. The van der Waals surface area contributed by atoms with Crippen molar-refractivity contribution in [2.45, 2.75) is 31.4 Å². The van der Waals surface area contributed by atoms with Crippen molar-refractivity contribution in [3.05, 3.63) is 29.3 Å². The predicted molar refractivity (Wildman–Crippen MR) is 67.3 cm³/mol. The smallest absolute Gasteiger partial charge is 0.123 e. The van der Waals surface area contributed by atoms with Gasteiger partial charge in [0.25, 0.3) is 0 Å². The summed E-state index contributed by atoms with van der Waals surface area (Å²) in [4.78, 5) is 0. The summed E-state index contributed by atoms with van der Waals surface area (Å²) in [7, 11) is 1.69. The van der Waals surface area contributed by atoms with Crippen molar-refractivity contribution < 1.29 is 4.74 Å². The van der Waals surface area contributed by atoms with Crippen LogP contribution in [0.5, 0.6) is 5.75 Å². The molecule has 0 spiro atoms. The highest BCUT2D eigenvalue weighted by Gasteiger charge is 2.03. The standard InChI is InChI=1S/C12H19NOS/c1-9(2)15-8-10-4-5-11(7-13)12(6-10)14-3/h4-6,9H,7-8,13H2,1-3H3. The third kappa shape index (κ3) is 3.76. The number of hydrogen-bond donors (Lipinski definition) is 1. The molecule has 0 heterocycles. The first-order valence-corrected chi connectivity index (χ1v) is 6.19. The van der Waals surface area contributed by atoms with E-state index in [2.05, 4.69) is 32.0 Å². The van der Waals surface area contributed by atoms with Crippen LogP contribution in [0.15, 0.2) is 18.2 Å². The second-order valence-corrected chi connectivity index (χ2v) is 5.27. The van der Waals surface area contributed by atoms with Gasteiger partial charge in [-0.3, -0.25) is 0 Å². The van der Waals surface area contributed by atoms with Gasteiger partial charge in [0, 0.05) is 17.9 Å². The van der Waals surface area contributed by atoms with Gasteiger partial charge in [-0.1, -0.05) is 26.0 Å². The van der Waals surface area contributed by atoms with Crippen LogP contribution in [0, 0.1) is 0 Å². The number of benzene rings is 1. The van der Waals surface area contributed by atoms with Crippen LogP contribution in [0.25, 0.3) is 0 Å². The van der Waals surface area contributed by atoms with Crippen molar-refractivity contribution in [2.24, 2.45) is 5.73 Å². The van der Waals surface area contributed by atoms with Gasteiger partial charge in [0.2, 0.25) is 0 Å². The lowest BCUT2D eigenvalue weighted by Gasteiger charge is -2.10. The van der Waals surface area contributed by atoms with E-state index in [4.69, 9.17) is 10.5 Å². The molecule has 2 N–H and O–H groups in total. The first kappa shape index (κ1) is 12.4. The Morgan fingerprint density at radius 1 is 1.40 bits per heavy atom. The molecule has 2 nitrogen and oxygen atoms in total. The molecule has 0 atom stereocenters. The highest BCUT2D eigenvalue weighted by atomic mass is 32.2. The summed E-state index contributed by atoms with van der Waals surface area (Å²) in [6.45, 7) is 4.94. The van der Waals surface area contributed by atoms with E-state index in [1.807, 2.05) is 11.8 Å². The van der Waals surface area contributed by atoms with E-state index < -0.39 is 0 Å². The van der Waals surface area contributed by atoms with Crippen molar-refractivity contribution in [2.75, 3.05) is 7.11 Å². The molecule has 1 rings (SSSR count). The Kier molecular flexibility index (Phi) is 4.99. The third-order valence-electron chi connectivity index (χ3n) is 2.15. The van der Waals surface area contributed by atoms with Gasteiger partial charge in [0.05, 0.1) is 7.11 Å². The molecule has 0 saturated heterocycles. The fourth-order valence-corrected chi connectivity index (χ4v) is 2.02. The van der Waals surface area contributed by atoms with E-state index in [0.717, 1.165) is 17.1 Å². The molecular weight excluding hydrogens is 206 g/mol. The van der Waals surface area contributed by atoms with Gasteiger partial charge in [0.1, 0.15) is 5.75 Å². The summed E-state index contributed by atoms with van der Waals surface area (Å²) in [6, 6.07) is 6.26. The van der Waals surface area contributed by atoms with Crippen LogP contribution < -0.4 is 10.5 Å². The molecular formula is C12H19NOS. The van der Waals surface area contributed by atoms with E-state index in [1.54, 1.807) is 7.11 Å². The van der Waals surface area contributed by atoms with Crippen molar-refractivity contribution in [3.63, 3.8) is 0 Å². The van der Waals surface area contributed by atoms with Crippen molar-refractivity contribution >= 4 is 11.8 Å². The van der Waals surface area contributed by atoms with Gasteiger partial charge in [0.15, 0.2) is 0 Å². The quantitative estimate of drug-likeness (QED) is 0.837. The number of hydrogen-bond acceptors (Lipinski definition) is 3. The molecule has 0 aliphatic heterocycles. The van der Waals surface area contributed by atoms with Crippen molar-refractivity contribution in [1.82, 2.24) is 0 Å². The zero-order valence-electron chi connectivity index (χ0n) is 9.62. The Labute approximate surface area is 96.2 Å². The normalized spacial score (nSPS) is 10.7. The lowest BCUT2D eigenvalue weighted by atomic mass is 10.1. The largest absolute Gasteiger partial charge is 0.496 e. The van der Waals surface area contributed by atoms with Gasteiger partial charge < -0.3 is 10.5 Å². The summed E-state index contributed by atoms with van der Waals surface area (Å²) < 4.78 is 5.29. The monoisotopic (exact) mass is 225 g/mol. The fourth-order valence-electron chi connectivity index (χ4n) is 1.31.